The number of hydrogen-bond donors (Lipinski definition) is 0. The Kier molecular flexibility index (Phi) is 3.44. The lowest BCUT2D eigenvalue weighted by Gasteiger charge is -2.21. The van der Waals surface area contributed by atoms with Gasteiger partial charge >= 0.3 is 6.03 Å². The standard InChI is InChI=1S/C10H16N2O3/c1-4-11-9(14)8(7(2)3)12(5-6-13)10(11)15/h6-8H,4-5H2,1-3H3. The van der Waals surface area contributed by atoms with Crippen molar-refractivity contribution < 1.29 is 14.4 Å². The molecule has 1 aliphatic rings. The Balaban J connectivity index is 2.97. The average Bonchev–Trinajstić information content (AvgIpc) is 2.39. The average molecular weight is 212 g/mol. The number of nitrogens with zero attached hydrogens (tertiary/aromatic N) is 2. The number of carbonyl (C=O) groups excluding carboxylic acids is 3. The Morgan fingerprint density at radius 1 is 1.40 bits per heavy atom. The van der Waals surface area contributed by atoms with Gasteiger partial charge in [-0.2, -0.15) is 0 Å². The van der Waals surface area contributed by atoms with Crippen LogP contribution in [0, 0.1) is 5.92 Å². The third-order valence-corrected chi connectivity index (χ3v) is 2.55. The first-order chi connectivity index (χ1) is 7.04. The first-order valence-corrected chi connectivity index (χ1v) is 5.10. The minimum absolute atomic E-state index is 0.0100. The fourth-order valence-corrected chi connectivity index (χ4v) is 1.87. The summed E-state index contributed by atoms with van der Waals surface area (Å²) in [6, 6.07) is -0.837. The van der Waals surface area contributed by atoms with E-state index in [0.717, 1.165) is 0 Å². The Bertz CT molecular complexity index is 288. The summed E-state index contributed by atoms with van der Waals surface area (Å²) in [5, 5.41) is 0. The Hall–Kier alpha value is -1.39. The van der Waals surface area contributed by atoms with Crippen LogP contribution in [0.25, 0.3) is 0 Å². The van der Waals surface area contributed by atoms with Crippen molar-refractivity contribution in [3.05, 3.63) is 0 Å². The van der Waals surface area contributed by atoms with Gasteiger partial charge in [0.25, 0.3) is 5.91 Å². The summed E-state index contributed by atoms with van der Waals surface area (Å²) in [6.45, 7) is 5.83. The van der Waals surface area contributed by atoms with Crippen molar-refractivity contribution in [1.82, 2.24) is 9.80 Å². The molecule has 0 radical (unpaired) electrons. The van der Waals surface area contributed by atoms with Gasteiger partial charge in [-0.3, -0.25) is 9.69 Å². The lowest BCUT2D eigenvalue weighted by Crippen LogP contribution is -2.39. The van der Waals surface area contributed by atoms with Crippen molar-refractivity contribution in [3.8, 4) is 0 Å². The van der Waals surface area contributed by atoms with Crippen LogP contribution in [-0.4, -0.2) is 47.2 Å². The maximum atomic E-state index is 11.8. The lowest BCUT2D eigenvalue weighted by atomic mass is 10.0. The lowest BCUT2D eigenvalue weighted by molar-refractivity contribution is -0.129. The second-order valence-corrected chi connectivity index (χ2v) is 3.87. The predicted octanol–water partition coefficient (Wildman–Crippen LogP) is 0.494. The molecule has 1 saturated heterocycles. The molecule has 0 aromatic rings. The van der Waals surface area contributed by atoms with Crippen LogP contribution in [0.15, 0.2) is 0 Å². The first kappa shape index (κ1) is 11.7. The number of urea groups is 1. The maximum absolute atomic E-state index is 11.8. The molecule has 0 aromatic heterocycles. The summed E-state index contributed by atoms with van der Waals surface area (Å²) < 4.78 is 0. The molecule has 0 N–H and O–H groups in total. The first-order valence-electron chi connectivity index (χ1n) is 5.10. The highest BCUT2D eigenvalue weighted by Crippen LogP contribution is 2.22. The van der Waals surface area contributed by atoms with E-state index in [2.05, 4.69) is 0 Å². The van der Waals surface area contributed by atoms with Crippen molar-refractivity contribution in [2.24, 2.45) is 5.92 Å². The number of carbonyl (C=O) groups is 3. The van der Waals surface area contributed by atoms with E-state index in [0.29, 0.717) is 12.8 Å². The quantitative estimate of drug-likeness (QED) is 0.503. The zero-order valence-electron chi connectivity index (χ0n) is 9.27. The molecule has 1 rings (SSSR count). The van der Waals surface area contributed by atoms with Gasteiger partial charge in [-0.05, 0) is 12.8 Å². The second kappa shape index (κ2) is 4.42. The van der Waals surface area contributed by atoms with Crippen molar-refractivity contribution in [3.63, 3.8) is 0 Å². The van der Waals surface area contributed by atoms with E-state index in [4.69, 9.17) is 0 Å². The molecule has 3 amide bonds. The number of likely N-dealkylation sites (N-methyl/N-ethyl adjacent to an activating group) is 1. The highest BCUT2D eigenvalue weighted by molar-refractivity contribution is 6.04. The van der Waals surface area contributed by atoms with Gasteiger partial charge in [0.2, 0.25) is 0 Å². The summed E-state index contributed by atoms with van der Waals surface area (Å²) in [7, 11) is 0. The van der Waals surface area contributed by atoms with Gasteiger partial charge in [0.05, 0.1) is 6.54 Å². The summed E-state index contributed by atoms with van der Waals surface area (Å²) in [5.74, 6) is -0.169. The summed E-state index contributed by atoms with van der Waals surface area (Å²) in [5.41, 5.74) is 0. The molecule has 84 valence electrons. The largest absolute Gasteiger partial charge is 0.327 e. The van der Waals surface area contributed by atoms with Gasteiger partial charge in [0.1, 0.15) is 12.3 Å². The van der Waals surface area contributed by atoms with Crippen LogP contribution in [0.4, 0.5) is 4.79 Å². The summed E-state index contributed by atoms with van der Waals surface area (Å²) in [6.07, 6.45) is 0.652. The van der Waals surface area contributed by atoms with Crippen LogP contribution in [0.5, 0.6) is 0 Å². The minimum atomic E-state index is -0.484. The van der Waals surface area contributed by atoms with E-state index in [1.165, 1.54) is 9.80 Å². The number of amides is 3. The third-order valence-electron chi connectivity index (χ3n) is 2.55. The molecular formula is C10H16N2O3. The Labute approximate surface area is 89.0 Å². The van der Waals surface area contributed by atoms with Crippen LogP contribution >= 0.6 is 0 Å². The molecular weight excluding hydrogens is 196 g/mol. The Morgan fingerprint density at radius 2 is 2.00 bits per heavy atom. The third kappa shape index (κ3) is 1.86. The predicted molar refractivity (Wildman–Crippen MR) is 54.2 cm³/mol. The van der Waals surface area contributed by atoms with Crippen LogP contribution in [0.1, 0.15) is 20.8 Å². The van der Waals surface area contributed by atoms with Crippen LogP contribution < -0.4 is 0 Å². The molecule has 1 aliphatic heterocycles. The van der Waals surface area contributed by atoms with Crippen molar-refractivity contribution in [1.29, 1.82) is 0 Å². The molecule has 15 heavy (non-hydrogen) atoms. The van der Waals surface area contributed by atoms with E-state index in [1.807, 2.05) is 13.8 Å². The van der Waals surface area contributed by atoms with Crippen molar-refractivity contribution in [2.45, 2.75) is 26.8 Å². The molecule has 5 nitrogen and oxygen atoms in total. The van der Waals surface area contributed by atoms with E-state index >= 15 is 0 Å². The van der Waals surface area contributed by atoms with Gasteiger partial charge < -0.3 is 9.69 Å². The molecule has 1 unspecified atom stereocenters. The summed E-state index contributed by atoms with van der Waals surface area (Å²) in [4.78, 5) is 36.5. The Morgan fingerprint density at radius 3 is 2.40 bits per heavy atom. The van der Waals surface area contributed by atoms with Gasteiger partial charge in [-0.1, -0.05) is 13.8 Å². The molecule has 1 atom stereocenters. The van der Waals surface area contributed by atoms with Crippen LogP contribution in [0.2, 0.25) is 0 Å². The minimum Gasteiger partial charge on any atom is -0.305 e. The van der Waals surface area contributed by atoms with Crippen LogP contribution in [0.3, 0.4) is 0 Å². The highest BCUT2D eigenvalue weighted by Gasteiger charge is 2.45. The van der Waals surface area contributed by atoms with Gasteiger partial charge in [0, 0.05) is 6.54 Å². The van der Waals surface area contributed by atoms with E-state index in [-0.39, 0.29) is 24.4 Å². The zero-order chi connectivity index (χ0) is 11.6. The van der Waals surface area contributed by atoms with Gasteiger partial charge in [-0.15, -0.1) is 0 Å². The molecule has 0 bridgehead atoms. The van der Waals surface area contributed by atoms with Gasteiger partial charge in [-0.25, -0.2) is 4.79 Å². The van der Waals surface area contributed by atoms with Gasteiger partial charge in [0.15, 0.2) is 0 Å². The number of rotatable bonds is 4. The van der Waals surface area contributed by atoms with Crippen molar-refractivity contribution >= 4 is 18.2 Å². The maximum Gasteiger partial charge on any atom is 0.327 e. The normalized spacial score (nSPS) is 21.7. The molecule has 1 heterocycles. The molecule has 5 heteroatoms. The zero-order valence-corrected chi connectivity index (χ0v) is 9.27. The monoisotopic (exact) mass is 212 g/mol. The number of aldehydes is 1. The van der Waals surface area contributed by atoms with E-state index in [9.17, 15) is 14.4 Å². The number of hydrogen-bond acceptors (Lipinski definition) is 3. The number of imide groups is 1. The highest BCUT2D eigenvalue weighted by atomic mass is 16.2. The molecule has 0 saturated carbocycles. The second-order valence-electron chi connectivity index (χ2n) is 3.87. The molecule has 0 spiro atoms. The molecule has 1 fully saturated rings. The fraction of sp³-hybridized carbons (Fsp3) is 0.700. The van der Waals surface area contributed by atoms with E-state index in [1.54, 1.807) is 6.92 Å². The smallest absolute Gasteiger partial charge is 0.305 e. The van der Waals surface area contributed by atoms with Crippen molar-refractivity contribution in [2.75, 3.05) is 13.1 Å². The van der Waals surface area contributed by atoms with Crippen LogP contribution in [-0.2, 0) is 9.59 Å². The fourth-order valence-electron chi connectivity index (χ4n) is 1.87. The SMILES string of the molecule is CCN1C(=O)C(C(C)C)N(CC=O)C1=O. The molecule has 0 aromatic carbocycles. The summed E-state index contributed by atoms with van der Waals surface area (Å²) >= 11 is 0. The molecule has 0 aliphatic carbocycles. The van der Waals surface area contributed by atoms with E-state index < -0.39 is 6.04 Å². The topological polar surface area (TPSA) is 57.7 Å².